The van der Waals surface area contributed by atoms with Gasteiger partial charge in [-0.1, -0.05) is 19.4 Å². The maximum Gasteiger partial charge on any atom is 0.338 e. The van der Waals surface area contributed by atoms with Gasteiger partial charge in [-0.3, -0.25) is 0 Å². The van der Waals surface area contributed by atoms with Crippen molar-refractivity contribution < 1.29 is 19.4 Å². The molecule has 1 atom stereocenters. The van der Waals surface area contributed by atoms with Gasteiger partial charge in [0.1, 0.15) is 5.82 Å². The Hall–Kier alpha value is -1.46. The summed E-state index contributed by atoms with van der Waals surface area (Å²) in [7, 11) is 0. The molecule has 0 heterocycles. The summed E-state index contributed by atoms with van der Waals surface area (Å²) in [6.45, 7) is 4.53. The predicted molar refractivity (Wildman–Crippen MR) is 70.6 cm³/mol. The van der Waals surface area contributed by atoms with E-state index in [0.29, 0.717) is 25.1 Å². The topological polar surface area (TPSA) is 69.6 Å². The molecule has 5 heteroatoms. The molecule has 0 radical (unpaired) electrons. The highest BCUT2D eigenvalue weighted by atomic mass is 19.1. The summed E-state index contributed by atoms with van der Waals surface area (Å²) < 4.78 is 13.4. The van der Waals surface area contributed by atoms with Crippen LogP contribution in [0.3, 0.4) is 0 Å². The second-order valence-electron chi connectivity index (χ2n) is 4.97. The number of rotatable bonds is 7. The van der Waals surface area contributed by atoms with Gasteiger partial charge in [0.25, 0.3) is 0 Å². The van der Waals surface area contributed by atoms with Gasteiger partial charge < -0.3 is 15.5 Å². The molecule has 0 aliphatic rings. The van der Waals surface area contributed by atoms with Gasteiger partial charge in [0.15, 0.2) is 0 Å². The number of benzene rings is 1. The van der Waals surface area contributed by atoms with Gasteiger partial charge in [0, 0.05) is 13.1 Å². The Balaban J connectivity index is 2.55. The summed E-state index contributed by atoms with van der Waals surface area (Å²) in [6.07, 6.45) is 1.57. The maximum atomic E-state index is 13.4. The van der Waals surface area contributed by atoms with Gasteiger partial charge in [-0.15, -0.1) is 0 Å². The molecule has 1 aromatic carbocycles. The van der Waals surface area contributed by atoms with Crippen LogP contribution in [-0.2, 0) is 6.54 Å². The number of nitrogens with one attached hydrogen (secondary N) is 1. The number of aliphatic hydroxyl groups is 1. The summed E-state index contributed by atoms with van der Waals surface area (Å²) in [5.41, 5.74) is -0.467. The van der Waals surface area contributed by atoms with Crippen LogP contribution in [0.15, 0.2) is 18.2 Å². The Bertz CT molecular complexity index is 446. The lowest BCUT2D eigenvalue weighted by atomic mass is 10.0. The van der Waals surface area contributed by atoms with Crippen LogP contribution >= 0.6 is 0 Å². The molecule has 0 bridgehead atoms. The zero-order chi connectivity index (χ0) is 14.5. The van der Waals surface area contributed by atoms with E-state index >= 15 is 0 Å². The second-order valence-corrected chi connectivity index (χ2v) is 4.97. The Kier molecular flexibility index (Phi) is 5.44. The third-order valence-electron chi connectivity index (χ3n) is 2.89. The zero-order valence-electron chi connectivity index (χ0n) is 11.2. The van der Waals surface area contributed by atoms with Gasteiger partial charge in [-0.05, 0) is 31.0 Å². The molecule has 0 spiro atoms. The molecule has 1 aromatic rings. The second kappa shape index (κ2) is 6.63. The van der Waals surface area contributed by atoms with Crippen molar-refractivity contribution >= 4 is 5.97 Å². The number of halogens is 1. The summed E-state index contributed by atoms with van der Waals surface area (Å²) in [5.74, 6) is -2.02. The van der Waals surface area contributed by atoms with E-state index in [-0.39, 0.29) is 5.56 Å². The lowest BCUT2D eigenvalue weighted by Gasteiger charge is -2.23. The Morgan fingerprint density at radius 2 is 2.16 bits per heavy atom. The Morgan fingerprint density at radius 3 is 2.68 bits per heavy atom. The minimum Gasteiger partial charge on any atom is -0.478 e. The minimum atomic E-state index is -1.28. The lowest BCUT2D eigenvalue weighted by Crippen LogP contribution is -2.37. The summed E-state index contributed by atoms with van der Waals surface area (Å²) >= 11 is 0. The molecule has 1 rings (SSSR count). The fraction of sp³-hybridized carbons (Fsp3) is 0.500. The first-order valence-corrected chi connectivity index (χ1v) is 6.30. The van der Waals surface area contributed by atoms with Crippen LogP contribution in [0.2, 0.25) is 0 Å². The summed E-state index contributed by atoms with van der Waals surface area (Å²) in [6, 6.07) is 4.01. The van der Waals surface area contributed by atoms with E-state index in [1.54, 1.807) is 13.0 Å². The number of aromatic carboxylic acids is 1. The van der Waals surface area contributed by atoms with Crippen molar-refractivity contribution in [1.29, 1.82) is 0 Å². The lowest BCUT2D eigenvalue weighted by molar-refractivity contribution is 0.0498. The van der Waals surface area contributed by atoms with E-state index in [4.69, 9.17) is 5.11 Å². The molecule has 0 saturated carbocycles. The number of carboxylic acid groups (broad SMARTS) is 1. The van der Waals surface area contributed by atoms with Gasteiger partial charge in [0.05, 0.1) is 11.2 Å². The summed E-state index contributed by atoms with van der Waals surface area (Å²) in [4.78, 5) is 10.7. The van der Waals surface area contributed by atoms with Gasteiger partial charge >= 0.3 is 5.97 Å². The number of hydrogen-bond donors (Lipinski definition) is 3. The maximum absolute atomic E-state index is 13.4. The molecule has 0 fully saturated rings. The van der Waals surface area contributed by atoms with Crippen molar-refractivity contribution in [3.05, 3.63) is 35.1 Å². The van der Waals surface area contributed by atoms with Crippen molar-refractivity contribution in [2.24, 2.45) is 0 Å². The van der Waals surface area contributed by atoms with Crippen LogP contribution in [0.5, 0.6) is 0 Å². The number of carboxylic acids is 1. The quantitative estimate of drug-likeness (QED) is 0.709. The smallest absolute Gasteiger partial charge is 0.338 e. The molecule has 106 valence electrons. The van der Waals surface area contributed by atoms with Crippen LogP contribution in [0, 0.1) is 5.82 Å². The van der Waals surface area contributed by atoms with Crippen molar-refractivity contribution in [2.75, 3.05) is 6.54 Å². The highest BCUT2D eigenvalue weighted by Crippen LogP contribution is 2.12. The molecular formula is C14H20FNO3. The van der Waals surface area contributed by atoms with Crippen LogP contribution in [0.1, 0.15) is 42.6 Å². The van der Waals surface area contributed by atoms with Crippen LogP contribution in [0.4, 0.5) is 4.39 Å². The zero-order valence-corrected chi connectivity index (χ0v) is 11.2. The molecule has 0 saturated heterocycles. The van der Waals surface area contributed by atoms with E-state index in [1.165, 1.54) is 12.1 Å². The molecule has 0 aromatic heterocycles. The molecule has 1 unspecified atom stereocenters. The third-order valence-corrected chi connectivity index (χ3v) is 2.89. The van der Waals surface area contributed by atoms with Crippen molar-refractivity contribution in [1.82, 2.24) is 5.32 Å². The average Bonchev–Trinajstić information content (AvgIpc) is 2.28. The summed E-state index contributed by atoms with van der Waals surface area (Å²) in [5, 5.41) is 21.7. The predicted octanol–water partition coefficient (Wildman–Crippen LogP) is 2.16. The standard InChI is InChI=1S/C14H20FNO3/c1-3-6-14(2,19)9-16-8-10-4-5-11(13(17)18)12(15)7-10/h4-5,7,16,19H,3,6,8-9H2,1-2H3,(H,17,18). The number of hydrogen-bond acceptors (Lipinski definition) is 3. The van der Waals surface area contributed by atoms with E-state index in [9.17, 15) is 14.3 Å². The van der Waals surface area contributed by atoms with Gasteiger partial charge in [-0.2, -0.15) is 0 Å². The third kappa shape index (κ3) is 4.96. The largest absolute Gasteiger partial charge is 0.478 e. The van der Waals surface area contributed by atoms with E-state index < -0.39 is 17.4 Å². The molecule has 3 N–H and O–H groups in total. The first-order chi connectivity index (χ1) is 8.85. The first kappa shape index (κ1) is 15.6. The van der Waals surface area contributed by atoms with Crippen LogP contribution in [-0.4, -0.2) is 28.3 Å². The van der Waals surface area contributed by atoms with Gasteiger partial charge in [-0.25, -0.2) is 9.18 Å². The molecular weight excluding hydrogens is 249 g/mol. The first-order valence-electron chi connectivity index (χ1n) is 6.30. The normalized spacial score (nSPS) is 14.1. The van der Waals surface area contributed by atoms with Gasteiger partial charge in [0.2, 0.25) is 0 Å². The van der Waals surface area contributed by atoms with E-state index in [0.717, 1.165) is 6.42 Å². The molecule has 0 aliphatic heterocycles. The number of carbonyl (C=O) groups is 1. The minimum absolute atomic E-state index is 0.332. The van der Waals surface area contributed by atoms with Crippen molar-refractivity contribution in [2.45, 2.75) is 38.8 Å². The van der Waals surface area contributed by atoms with Crippen molar-refractivity contribution in [3.63, 3.8) is 0 Å². The Labute approximate surface area is 112 Å². The van der Waals surface area contributed by atoms with Crippen molar-refractivity contribution in [3.8, 4) is 0 Å². The Morgan fingerprint density at radius 1 is 1.47 bits per heavy atom. The molecule has 0 amide bonds. The van der Waals surface area contributed by atoms with E-state index in [2.05, 4.69) is 5.32 Å². The fourth-order valence-corrected chi connectivity index (χ4v) is 1.95. The van der Waals surface area contributed by atoms with E-state index in [1.807, 2.05) is 6.92 Å². The average molecular weight is 269 g/mol. The van der Waals surface area contributed by atoms with Crippen LogP contribution < -0.4 is 5.32 Å². The molecule has 19 heavy (non-hydrogen) atoms. The molecule has 0 aliphatic carbocycles. The fourth-order valence-electron chi connectivity index (χ4n) is 1.95. The highest BCUT2D eigenvalue weighted by molar-refractivity contribution is 5.87. The monoisotopic (exact) mass is 269 g/mol. The SMILES string of the molecule is CCCC(C)(O)CNCc1ccc(C(=O)O)c(F)c1. The highest BCUT2D eigenvalue weighted by Gasteiger charge is 2.18. The van der Waals surface area contributed by atoms with Crippen LogP contribution in [0.25, 0.3) is 0 Å². The molecule has 4 nitrogen and oxygen atoms in total.